The van der Waals surface area contributed by atoms with E-state index in [4.69, 9.17) is 10.8 Å². The second kappa shape index (κ2) is 5.30. The van der Waals surface area contributed by atoms with E-state index in [9.17, 15) is 12.8 Å². The third kappa shape index (κ3) is 3.63. The largest absolute Gasteiger partial charge is 0.396 e. The van der Waals surface area contributed by atoms with Gasteiger partial charge in [0.25, 0.3) is 0 Å². The van der Waals surface area contributed by atoms with Crippen LogP contribution >= 0.6 is 15.9 Å². The van der Waals surface area contributed by atoms with Gasteiger partial charge < -0.3 is 10.8 Å². The summed E-state index contributed by atoms with van der Waals surface area (Å²) in [4.78, 5) is -0.169. The van der Waals surface area contributed by atoms with Crippen molar-refractivity contribution < 1.29 is 17.9 Å². The molecule has 0 bridgehead atoms. The topological polar surface area (TPSA) is 92.4 Å². The highest BCUT2D eigenvalue weighted by Gasteiger charge is 2.19. The highest BCUT2D eigenvalue weighted by molar-refractivity contribution is 9.10. The minimum absolute atomic E-state index is 0.0716. The maximum Gasteiger partial charge on any atom is 0.241 e. The molecule has 0 aromatic heterocycles. The molecule has 0 aliphatic rings. The van der Waals surface area contributed by atoms with Crippen molar-refractivity contribution in [1.82, 2.24) is 4.72 Å². The Kier molecular flexibility index (Phi) is 4.48. The predicted molar refractivity (Wildman–Crippen MR) is 65.4 cm³/mol. The zero-order valence-corrected chi connectivity index (χ0v) is 11.3. The standard InChI is InChI=1S/C9H12BrFN2O3S/c1-5(14)4-13-17(15,16)9-3-8(12)7(11)2-6(9)10/h2-3,5,13-14H,4,12H2,1H3. The summed E-state index contributed by atoms with van der Waals surface area (Å²) in [5, 5.41) is 9.01. The minimum atomic E-state index is -3.83. The molecular weight excluding hydrogens is 315 g/mol. The Balaban J connectivity index is 3.11. The average molecular weight is 327 g/mol. The first kappa shape index (κ1) is 14.4. The smallest absolute Gasteiger partial charge is 0.241 e. The molecule has 0 saturated carbocycles. The normalized spacial score (nSPS) is 13.6. The summed E-state index contributed by atoms with van der Waals surface area (Å²) in [5.41, 5.74) is 5.05. The predicted octanol–water partition coefficient (Wildman–Crippen LogP) is 0.829. The van der Waals surface area contributed by atoms with E-state index in [0.29, 0.717) is 0 Å². The van der Waals surface area contributed by atoms with E-state index in [1.165, 1.54) is 6.92 Å². The molecule has 1 aromatic rings. The lowest BCUT2D eigenvalue weighted by Crippen LogP contribution is -2.31. The molecule has 4 N–H and O–H groups in total. The van der Waals surface area contributed by atoms with E-state index in [0.717, 1.165) is 12.1 Å². The van der Waals surface area contributed by atoms with Crippen LogP contribution in [-0.4, -0.2) is 26.2 Å². The molecular formula is C9H12BrFN2O3S. The number of nitrogens with one attached hydrogen (secondary N) is 1. The van der Waals surface area contributed by atoms with Crippen molar-refractivity contribution in [3.05, 3.63) is 22.4 Å². The van der Waals surface area contributed by atoms with Gasteiger partial charge in [-0.25, -0.2) is 17.5 Å². The van der Waals surface area contributed by atoms with Crippen molar-refractivity contribution >= 4 is 31.6 Å². The van der Waals surface area contributed by atoms with Gasteiger partial charge in [-0.15, -0.1) is 0 Å². The monoisotopic (exact) mass is 326 g/mol. The van der Waals surface area contributed by atoms with Gasteiger partial charge in [0.2, 0.25) is 10.0 Å². The van der Waals surface area contributed by atoms with Crippen molar-refractivity contribution in [2.24, 2.45) is 0 Å². The number of hydrogen-bond donors (Lipinski definition) is 3. The molecule has 0 spiro atoms. The fourth-order valence-electron chi connectivity index (χ4n) is 1.06. The minimum Gasteiger partial charge on any atom is -0.396 e. The van der Waals surface area contributed by atoms with E-state index in [1.54, 1.807) is 0 Å². The molecule has 0 heterocycles. The number of anilines is 1. The molecule has 5 nitrogen and oxygen atoms in total. The maximum absolute atomic E-state index is 13.1. The zero-order valence-electron chi connectivity index (χ0n) is 8.94. The summed E-state index contributed by atoms with van der Waals surface area (Å²) in [6, 6.07) is 2.00. The molecule has 0 fully saturated rings. The number of aliphatic hydroxyl groups excluding tert-OH is 1. The first-order valence-electron chi connectivity index (χ1n) is 4.66. The quantitative estimate of drug-likeness (QED) is 0.714. The number of nitrogen functional groups attached to an aromatic ring is 1. The zero-order chi connectivity index (χ0) is 13.2. The Bertz CT molecular complexity index is 519. The van der Waals surface area contributed by atoms with E-state index in [1.807, 2.05) is 0 Å². The molecule has 0 amide bonds. The van der Waals surface area contributed by atoms with Crippen molar-refractivity contribution in [1.29, 1.82) is 0 Å². The molecule has 1 atom stereocenters. The Morgan fingerprint density at radius 2 is 2.18 bits per heavy atom. The van der Waals surface area contributed by atoms with Crippen LogP contribution in [-0.2, 0) is 10.0 Å². The maximum atomic E-state index is 13.1. The van der Waals surface area contributed by atoms with E-state index < -0.39 is 21.9 Å². The van der Waals surface area contributed by atoms with Gasteiger partial charge in [-0.3, -0.25) is 0 Å². The van der Waals surface area contributed by atoms with Gasteiger partial charge in [0.15, 0.2) is 0 Å². The van der Waals surface area contributed by atoms with Crippen LogP contribution in [0.1, 0.15) is 6.92 Å². The molecule has 0 aliphatic heterocycles. The van der Waals surface area contributed by atoms with E-state index >= 15 is 0 Å². The Morgan fingerprint density at radius 1 is 1.59 bits per heavy atom. The van der Waals surface area contributed by atoms with Gasteiger partial charge in [0, 0.05) is 11.0 Å². The summed E-state index contributed by atoms with van der Waals surface area (Å²) in [6.07, 6.45) is -0.818. The Labute approximate surface area is 107 Å². The molecule has 0 aliphatic carbocycles. The summed E-state index contributed by atoms with van der Waals surface area (Å²) in [5.74, 6) is -0.702. The van der Waals surface area contributed by atoms with Crippen LogP contribution in [0.25, 0.3) is 0 Å². The molecule has 1 unspecified atom stereocenters. The highest BCUT2D eigenvalue weighted by Crippen LogP contribution is 2.26. The number of sulfonamides is 1. The highest BCUT2D eigenvalue weighted by atomic mass is 79.9. The van der Waals surface area contributed by atoms with Gasteiger partial charge in [0.05, 0.1) is 16.7 Å². The van der Waals surface area contributed by atoms with Gasteiger partial charge in [-0.05, 0) is 35.0 Å². The van der Waals surface area contributed by atoms with Crippen molar-refractivity contribution in [3.8, 4) is 0 Å². The number of aliphatic hydroxyl groups is 1. The first-order chi connectivity index (χ1) is 7.74. The fourth-order valence-corrected chi connectivity index (χ4v) is 3.23. The van der Waals surface area contributed by atoms with Crippen LogP contribution in [0.5, 0.6) is 0 Å². The molecule has 8 heteroatoms. The van der Waals surface area contributed by atoms with Crippen LogP contribution in [0.4, 0.5) is 10.1 Å². The van der Waals surface area contributed by atoms with E-state index in [2.05, 4.69) is 20.7 Å². The Hall–Kier alpha value is -0.700. The van der Waals surface area contributed by atoms with Crippen LogP contribution in [0, 0.1) is 5.82 Å². The van der Waals surface area contributed by atoms with Crippen molar-refractivity contribution in [3.63, 3.8) is 0 Å². The first-order valence-corrected chi connectivity index (χ1v) is 6.94. The molecule has 96 valence electrons. The van der Waals surface area contributed by atoms with Gasteiger partial charge in [-0.2, -0.15) is 0 Å². The van der Waals surface area contributed by atoms with Gasteiger partial charge in [-0.1, -0.05) is 0 Å². The molecule has 0 saturated heterocycles. The lowest BCUT2D eigenvalue weighted by molar-refractivity contribution is 0.198. The van der Waals surface area contributed by atoms with Crippen LogP contribution in [0.2, 0.25) is 0 Å². The second-order valence-corrected chi connectivity index (χ2v) is 6.09. The molecule has 0 radical (unpaired) electrons. The van der Waals surface area contributed by atoms with Crippen LogP contribution in [0.15, 0.2) is 21.5 Å². The Morgan fingerprint density at radius 3 is 2.71 bits per heavy atom. The molecule has 1 aromatic carbocycles. The van der Waals surface area contributed by atoms with Crippen molar-refractivity contribution in [2.45, 2.75) is 17.9 Å². The number of hydrogen-bond acceptors (Lipinski definition) is 4. The fraction of sp³-hybridized carbons (Fsp3) is 0.333. The van der Waals surface area contributed by atoms with Crippen LogP contribution < -0.4 is 10.5 Å². The molecule has 1 rings (SSSR count). The van der Waals surface area contributed by atoms with Crippen molar-refractivity contribution in [2.75, 3.05) is 12.3 Å². The van der Waals surface area contributed by atoms with E-state index in [-0.39, 0.29) is 21.6 Å². The number of rotatable bonds is 4. The summed E-state index contributed by atoms with van der Waals surface area (Å²) in [7, 11) is -3.83. The SMILES string of the molecule is CC(O)CNS(=O)(=O)c1cc(N)c(F)cc1Br. The lowest BCUT2D eigenvalue weighted by Gasteiger charge is -2.10. The summed E-state index contributed by atoms with van der Waals surface area (Å²) in [6.45, 7) is 1.31. The third-order valence-corrected chi connectivity index (χ3v) is 4.29. The molecule has 17 heavy (non-hydrogen) atoms. The average Bonchev–Trinajstić information content (AvgIpc) is 2.20. The lowest BCUT2D eigenvalue weighted by atomic mass is 10.3. The second-order valence-electron chi connectivity index (χ2n) is 3.51. The van der Waals surface area contributed by atoms with Gasteiger partial charge >= 0.3 is 0 Å². The third-order valence-electron chi connectivity index (χ3n) is 1.91. The summed E-state index contributed by atoms with van der Waals surface area (Å²) >= 11 is 2.95. The number of nitrogens with two attached hydrogens (primary N) is 1. The van der Waals surface area contributed by atoms with Crippen LogP contribution in [0.3, 0.4) is 0 Å². The number of halogens is 2. The van der Waals surface area contributed by atoms with Gasteiger partial charge in [0.1, 0.15) is 5.82 Å². The summed E-state index contributed by atoms with van der Waals surface area (Å²) < 4.78 is 38.9. The number of benzene rings is 1.